The number of hydrogen-bond donors (Lipinski definition) is 6. The van der Waals surface area contributed by atoms with Crippen LogP contribution < -0.4 is 21.7 Å². The van der Waals surface area contributed by atoms with Gasteiger partial charge in [0.1, 0.15) is 18.3 Å². The molecule has 0 spiro atoms. The first-order valence-electron chi connectivity index (χ1n) is 7.79. The molecule has 1 aromatic rings. The molecule has 26 heavy (non-hydrogen) atoms. The van der Waals surface area contributed by atoms with E-state index >= 15 is 0 Å². The molecule has 7 N–H and O–H groups in total. The molecule has 1 aromatic carbocycles. The molecule has 0 heterocycles. The Kier molecular flexibility index (Phi) is 8.03. The van der Waals surface area contributed by atoms with Crippen LogP contribution >= 0.6 is 0 Å². The number of carbonyl (C=O) groups excluding carboxylic acids is 3. The predicted molar refractivity (Wildman–Crippen MR) is 91.0 cm³/mol. The van der Waals surface area contributed by atoms with Gasteiger partial charge in [0, 0.05) is 6.42 Å². The number of amides is 3. The van der Waals surface area contributed by atoms with Gasteiger partial charge in [0.2, 0.25) is 17.7 Å². The molecular formula is C16H22N4O6. The summed E-state index contributed by atoms with van der Waals surface area (Å²) in [5, 5.41) is 24.9. The summed E-state index contributed by atoms with van der Waals surface area (Å²) in [4.78, 5) is 46.1. The van der Waals surface area contributed by atoms with Crippen molar-refractivity contribution in [3.63, 3.8) is 0 Å². The molecule has 0 aliphatic rings. The summed E-state index contributed by atoms with van der Waals surface area (Å²) in [7, 11) is 0. The van der Waals surface area contributed by atoms with Gasteiger partial charge in [-0.15, -0.1) is 0 Å². The molecule has 0 aromatic heterocycles. The fourth-order valence-corrected chi connectivity index (χ4v) is 1.94. The number of nitrogens with one attached hydrogen (secondary N) is 3. The van der Waals surface area contributed by atoms with Gasteiger partial charge in [0.25, 0.3) is 0 Å². The van der Waals surface area contributed by atoms with Crippen molar-refractivity contribution in [2.75, 3.05) is 13.1 Å². The van der Waals surface area contributed by atoms with Crippen LogP contribution in [-0.2, 0) is 25.6 Å². The first kappa shape index (κ1) is 20.9. The lowest BCUT2D eigenvalue weighted by Gasteiger charge is -2.18. The van der Waals surface area contributed by atoms with Crippen molar-refractivity contribution < 1.29 is 29.4 Å². The number of nitrogens with two attached hydrogens (primary N) is 1. The largest absolute Gasteiger partial charge is 0.508 e. The van der Waals surface area contributed by atoms with E-state index in [1.165, 1.54) is 19.1 Å². The third-order valence-electron chi connectivity index (χ3n) is 3.28. The maximum atomic E-state index is 12.2. The van der Waals surface area contributed by atoms with E-state index in [4.69, 9.17) is 10.8 Å². The summed E-state index contributed by atoms with van der Waals surface area (Å²) < 4.78 is 0. The van der Waals surface area contributed by atoms with E-state index in [2.05, 4.69) is 16.0 Å². The summed E-state index contributed by atoms with van der Waals surface area (Å²) in [6.45, 7) is 0.487. The molecule has 142 valence electrons. The van der Waals surface area contributed by atoms with Crippen LogP contribution in [0.25, 0.3) is 0 Å². The Morgan fingerprint density at radius 1 is 1.04 bits per heavy atom. The molecule has 3 amide bonds. The monoisotopic (exact) mass is 366 g/mol. The molecule has 1 rings (SSSR count). The standard InChI is InChI=1S/C16H22N4O6/c1-9(17)15(25)18-7-13(22)20-12(16(26)19-8-14(23)24)6-10-2-4-11(21)5-3-10/h2-5,9,12,21H,6-8,17H2,1H3,(H,18,25)(H,19,26)(H,20,22)(H,23,24). The average molecular weight is 366 g/mol. The number of benzene rings is 1. The Morgan fingerprint density at radius 2 is 1.62 bits per heavy atom. The third kappa shape index (κ3) is 7.62. The van der Waals surface area contributed by atoms with Crippen LogP contribution in [0.4, 0.5) is 0 Å². The zero-order valence-electron chi connectivity index (χ0n) is 14.2. The number of hydrogen-bond acceptors (Lipinski definition) is 6. The van der Waals surface area contributed by atoms with Gasteiger partial charge in [-0.05, 0) is 24.6 Å². The number of carboxylic acids is 1. The van der Waals surface area contributed by atoms with Crippen molar-refractivity contribution in [2.24, 2.45) is 5.73 Å². The summed E-state index contributed by atoms with van der Waals surface area (Å²) >= 11 is 0. The minimum atomic E-state index is -1.22. The summed E-state index contributed by atoms with van der Waals surface area (Å²) in [6.07, 6.45) is 0.0682. The molecule has 0 aliphatic heterocycles. The van der Waals surface area contributed by atoms with Crippen LogP contribution in [0.3, 0.4) is 0 Å². The zero-order valence-corrected chi connectivity index (χ0v) is 14.2. The van der Waals surface area contributed by atoms with Gasteiger partial charge in [-0.1, -0.05) is 12.1 Å². The van der Waals surface area contributed by atoms with E-state index in [0.29, 0.717) is 5.56 Å². The van der Waals surface area contributed by atoms with Crippen LogP contribution in [-0.4, -0.2) is 59.1 Å². The first-order valence-corrected chi connectivity index (χ1v) is 7.79. The number of carbonyl (C=O) groups is 4. The second kappa shape index (κ2) is 9.99. The number of aromatic hydroxyl groups is 1. The lowest BCUT2D eigenvalue weighted by atomic mass is 10.0. The number of aliphatic carboxylic acids is 1. The van der Waals surface area contributed by atoms with Crippen molar-refractivity contribution in [3.05, 3.63) is 29.8 Å². The molecule has 10 heteroatoms. The average Bonchev–Trinajstić information content (AvgIpc) is 2.58. The van der Waals surface area contributed by atoms with Crippen molar-refractivity contribution in [2.45, 2.75) is 25.4 Å². The highest BCUT2D eigenvalue weighted by Crippen LogP contribution is 2.11. The van der Waals surface area contributed by atoms with Crippen LogP contribution in [0.15, 0.2) is 24.3 Å². The van der Waals surface area contributed by atoms with Crippen molar-refractivity contribution in [1.82, 2.24) is 16.0 Å². The quantitative estimate of drug-likeness (QED) is 0.296. The molecule has 2 atom stereocenters. The van der Waals surface area contributed by atoms with E-state index < -0.39 is 42.3 Å². The van der Waals surface area contributed by atoms with Crippen LogP contribution in [0.2, 0.25) is 0 Å². The Hall–Kier alpha value is -3.14. The van der Waals surface area contributed by atoms with Gasteiger partial charge in [0.15, 0.2) is 0 Å². The highest BCUT2D eigenvalue weighted by atomic mass is 16.4. The SMILES string of the molecule is CC(N)C(=O)NCC(=O)NC(Cc1ccc(O)cc1)C(=O)NCC(=O)O. The van der Waals surface area contributed by atoms with Gasteiger partial charge in [0.05, 0.1) is 12.6 Å². The van der Waals surface area contributed by atoms with Gasteiger partial charge in [-0.2, -0.15) is 0 Å². The second-order valence-corrected chi connectivity index (χ2v) is 5.61. The van der Waals surface area contributed by atoms with E-state index in [1.807, 2.05) is 0 Å². The molecule has 0 fully saturated rings. The second-order valence-electron chi connectivity index (χ2n) is 5.61. The lowest BCUT2D eigenvalue weighted by Crippen LogP contribution is -2.52. The first-order chi connectivity index (χ1) is 12.2. The topological polar surface area (TPSA) is 171 Å². The van der Waals surface area contributed by atoms with Gasteiger partial charge in [-0.25, -0.2) is 0 Å². The molecule has 0 bridgehead atoms. The smallest absolute Gasteiger partial charge is 0.322 e. The van der Waals surface area contributed by atoms with E-state index in [0.717, 1.165) is 0 Å². The number of phenolic OH excluding ortho intramolecular Hbond substituents is 1. The molecule has 0 aliphatic carbocycles. The summed E-state index contributed by atoms with van der Waals surface area (Å²) in [5.74, 6) is -3.02. The number of phenols is 1. The molecule has 0 saturated carbocycles. The van der Waals surface area contributed by atoms with Crippen LogP contribution in [0.1, 0.15) is 12.5 Å². The van der Waals surface area contributed by atoms with Crippen molar-refractivity contribution in [1.29, 1.82) is 0 Å². The van der Waals surface area contributed by atoms with Crippen LogP contribution in [0.5, 0.6) is 5.75 Å². The minimum absolute atomic E-state index is 0.0447. The van der Waals surface area contributed by atoms with E-state index in [9.17, 15) is 24.3 Å². The Morgan fingerprint density at radius 3 is 2.15 bits per heavy atom. The molecular weight excluding hydrogens is 344 g/mol. The molecule has 0 saturated heterocycles. The highest BCUT2D eigenvalue weighted by molar-refractivity contribution is 5.92. The Labute approximate surface area is 149 Å². The van der Waals surface area contributed by atoms with Gasteiger partial charge >= 0.3 is 5.97 Å². The third-order valence-corrected chi connectivity index (χ3v) is 3.28. The van der Waals surface area contributed by atoms with E-state index in [1.54, 1.807) is 12.1 Å². The Balaban J connectivity index is 2.74. The maximum absolute atomic E-state index is 12.2. The van der Waals surface area contributed by atoms with Gasteiger partial charge in [-0.3, -0.25) is 19.2 Å². The minimum Gasteiger partial charge on any atom is -0.508 e. The fourth-order valence-electron chi connectivity index (χ4n) is 1.94. The molecule has 10 nitrogen and oxygen atoms in total. The Bertz CT molecular complexity index is 659. The normalized spacial score (nSPS) is 12.5. The van der Waals surface area contributed by atoms with Crippen molar-refractivity contribution in [3.8, 4) is 5.75 Å². The molecule has 2 unspecified atom stereocenters. The van der Waals surface area contributed by atoms with Crippen LogP contribution in [0, 0.1) is 0 Å². The number of carboxylic acid groups (broad SMARTS) is 1. The van der Waals surface area contributed by atoms with Gasteiger partial charge < -0.3 is 31.9 Å². The lowest BCUT2D eigenvalue weighted by molar-refractivity contribution is -0.138. The van der Waals surface area contributed by atoms with Crippen molar-refractivity contribution >= 4 is 23.7 Å². The predicted octanol–water partition coefficient (Wildman–Crippen LogP) is -1.92. The maximum Gasteiger partial charge on any atom is 0.322 e. The zero-order chi connectivity index (χ0) is 19.7. The molecule has 0 radical (unpaired) electrons. The fraction of sp³-hybridized carbons (Fsp3) is 0.375. The van der Waals surface area contributed by atoms with E-state index in [-0.39, 0.29) is 18.7 Å². The summed E-state index contributed by atoms with van der Waals surface area (Å²) in [6, 6.07) is 4.14. The summed E-state index contributed by atoms with van der Waals surface area (Å²) in [5.41, 5.74) is 6.01. The highest BCUT2D eigenvalue weighted by Gasteiger charge is 2.22. The number of rotatable bonds is 9.